The number of carbonyl (C=O) groups excluding carboxylic acids is 2. The molecule has 2 aromatic heterocycles. The van der Waals surface area contributed by atoms with Gasteiger partial charge < -0.3 is 15.6 Å². The van der Waals surface area contributed by atoms with Crippen molar-refractivity contribution >= 4 is 49.4 Å². The Morgan fingerprint density at radius 1 is 1.08 bits per heavy atom. The number of benzene rings is 2. The minimum Gasteiger partial charge on any atom is -0.351 e. The molecule has 2 aromatic carbocycles. The van der Waals surface area contributed by atoms with E-state index in [-0.39, 0.29) is 24.8 Å². The van der Waals surface area contributed by atoms with Crippen molar-refractivity contribution < 1.29 is 9.59 Å². The van der Waals surface area contributed by atoms with Crippen molar-refractivity contribution in [2.24, 2.45) is 0 Å². The number of nitrogens with one attached hydrogen (secondary N) is 3. The molecule has 2 heterocycles. The fourth-order valence-electron chi connectivity index (χ4n) is 2.69. The average molecular weight is 364 g/mol. The molecule has 2 amide bonds. The highest BCUT2D eigenvalue weighted by Crippen LogP contribution is 2.25. The van der Waals surface area contributed by atoms with Crippen molar-refractivity contribution in [3.8, 4) is 0 Å². The van der Waals surface area contributed by atoms with Crippen molar-refractivity contribution in [2.45, 2.75) is 6.42 Å². The molecule has 3 N–H and O–H groups in total. The SMILES string of the molecule is O=C(CCNC(=O)c1cc2ccccc2[nH]1)Nc1nc2ccccc2s1. The van der Waals surface area contributed by atoms with E-state index in [1.54, 1.807) is 6.07 Å². The van der Waals surface area contributed by atoms with Crippen LogP contribution in [0.3, 0.4) is 0 Å². The zero-order valence-electron chi connectivity index (χ0n) is 13.8. The van der Waals surface area contributed by atoms with Gasteiger partial charge in [-0.2, -0.15) is 0 Å². The van der Waals surface area contributed by atoms with Crippen molar-refractivity contribution in [3.63, 3.8) is 0 Å². The third kappa shape index (κ3) is 3.43. The van der Waals surface area contributed by atoms with Gasteiger partial charge in [-0.3, -0.25) is 9.59 Å². The van der Waals surface area contributed by atoms with Crippen LogP contribution in [0.15, 0.2) is 54.6 Å². The van der Waals surface area contributed by atoms with Crippen LogP contribution in [0.4, 0.5) is 5.13 Å². The lowest BCUT2D eigenvalue weighted by molar-refractivity contribution is -0.116. The van der Waals surface area contributed by atoms with E-state index < -0.39 is 0 Å². The van der Waals surface area contributed by atoms with E-state index in [2.05, 4.69) is 20.6 Å². The standard InChI is InChI=1S/C19H16N4O2S/c24-17(23-19-22-14-7-3-4-8-16(14)26-19)9-10-20-18(25)15-11-12-5-1-2-6-13(12)21-15/h1-8,11,21H,9-10H2,(H,20,25)(H,22,23,24). The van der Waals surface area contributed by atoms with Gasteiger partial charge >= 0.3 is 0 Å². The van der Waals surface area contributed by atoms with Crippen molar-refractivity contribution in [2.75, 3.05) is 11.9 Å². The quantitative estimate of drug-likeness (QED) is 0.506. The van der Waals surface area contributed by atoms with Crippen LogP contribution in [0.1, 0.15) is 16.9 Å². The summed E-state index contributed by atoms with van der Waals surface area (Å²) in [7, 11) is 0. The lowest BCUT2D eigenvalue weighted by atomic mass is 10.2. The summed E-state index contributed by atoms with van der Waals surface area (Å²) in [5.41, 5.74) is 2.25. The summed E-state index contributed by atoms with van der Waals surface area (Å²) < 4.78 is 1.02. The van der Waals surface area contributed by atoms with Crippen LogP contribution in [-0.2, 0) is 4.79 Å². The van der Waals surface area contributed by atoms with E-state index in [9.17, 15) is 9.59 Å². The first-order valence-electron chi connectivity index (χ1n) is 8.20. The Morgan fingerprint density at radius 2 is 1.88 bits per heavy atom. The van der Waals surface area contributed by atoms with E-state index in [1.165, 1.54) is 11.3 Å². The summed E-state index contributed by atoms with van der Waals surface area (Å²) in [6.45, 7) is 0.255. The van der Waals surface area contributed by atoms with Crippen LogP contribution in [-0.4, -0.2) is 28.3 Å². The van der Waals surface area contributed by atoms with Crippen LogP contribution < -0.4 is 10.6 Å². The van der Waals surface area contributed by atoms with Crippen molar-refractivity contribution in [1.82, 2.24) is 15.3 Å². The monoisotopic (exact) mass is 364 g/mol. The first-order valence-corrected chi connectivity index (χ1v) is 9.02. The molecule has 0 spiro atoms. The Labute approximate surface area is 153 Å². The number of para-hydroxylation sites is 2. The van der Waals surface area contributed by atoms with E-state index in [4.69, 9.17) is 0 Å². The number of rotatable bonds is 5. The molecule has 0 saturated heterocycles. The van der Waals surface area contributed by atoms with Crippen LogP contribution in [0.25, 0.3) is 21.1 Å². The first-order chi connectivity index (χ1) is 12.7. The smallest absolute Gasteiger partial charge is 0.267 e. The minimum absolute atomic E-state index is 0.180. The molecule has 0 atom stereocenters. The molecule has 0 saturated carbocycles. The Bertz CT molecular complexity index is 1030. The number of amides is 2. The maximum atomic E-state index is 12.2. The molecule has 6 nitrogen and oxygen atoms in total. The van der Waals surface area contributed by atoms with E-state index >= 15 is 0 Å². The lowest BCUT2D eigenvalue weighted by Gasteiger charge is -2.03. The van der Waals surface area contributed by atoms with Crippen LogP contribution in [0.5, 0.6) is 0 Å². The Kier molecular flexibility index (Phi) is 4.37. The van der Waals surface area contributed by atoms with E-state index in [0.717, 1.165) is 21.1 Å². The third-order valence-electron chi connectivity index (χ3n) is 3.95. The molecule has 0 fully saturated rings. The number of thiazole rings is 1. The summed E-state index contributed by atoms with van der Waals surface area (Å²) in [5.74, 6) is -0.407. The molecule has 0 aliphatic rings. The molecule has 4 aromatic rings. The summed E-state index contributed by atoms with van der Waals surface area (Å²) in [5, 5.41) is 7.08. The summed E-state index contributed by atoms with van der Waals surface area (Å²) in [6, 6.07) is 17.2. The zero-order valence-corrected chi connectivity index (χ0v) is 14.6. The Balaban J connectivity index is 1.30. The van der Waals surface area contributed by atoms with Crippen molar-refractivity contribution in [1.29, 1.82) is 0 Å². The average Bonchev–Trinajstić information content (AvgIpc) is 3.24. The number of hydrogen-bond donors (Lipinski definition) is 3. The molecule has 26 heavy (non-hydrogen) atoms. The van der Waals surface area contributed by atoms with Gasteiger partial charge in [0.25, 0.3) is 5.91 Å². The topological polar surface area (TPSA) is 86.9 Å². The first kappa shape index (κ1) is 16.3. The van der Waals surface area contributed by atoms with Gasteiger partial charge in [0.2, 0.25) is 5.91 Å². The number of carbonyl (C=O) groups is 2. The van der Waals surface area contributed by atoms with E-state index in [1.807, 2.05) is 48.5 Å². The van der Waals surface area contributed by atoms with Gasteiger partial charge in [-0.1, -0.05) is 41.7 Å². The second-order valence-electron chi connectivity index (χ2n) is 5.81. The minimum atomic E-state index is -0.228. The number of nitrogens with zero attached hydrogens (tertiary/aromatic N) is 1. The van der Waals surface area contributed by atoms with E-state index in [0.29, 0.717) is 10.8 Å². The van der Waals surface area contributed by atoms with Gasteiger partial charge in [0, 0.05) is 23.9 Å². The Hall–Kier alpha value is -3.19. The molecular formula is C19H16N4O2S. The maximum absolute atomic E-state index is 12.2. The molecule has 4 rings (SSSR count). The maximum Gasteiger partial charge on any atom is 0.267 e. The van der Waals surface area contributed by atoms with Gasteiger partial charge in [0.05, 0.1) is 10.2 Å². The second kappa shape index (κ2) is 6.97. The van der Waals surface area contributed by atoms with Crippen LogP contribution in [0.2, 0.25) is 0 Å². The molecule has 7 heteroatoms. The van der Waals surface area contributed by atoms with Gasteiger partial charge in [-0.25, -0.2) is 4.98 Å². The number of aromatic nitrogens is 2. The van der Waals surface area contributed by atoms with Gasteiger partial charge in [0.1, 0.15) is 5.69 Å². The number of fused-ring (bicyclic) bond motifs is 2. The van der Waals surface area contributed by atoms with Gasteiger partial charge in [0.15, 0.2) is 5.13 Å². The molecule has 0 aliphatic carbocycles. The lowest BCUT2D eigenvalue weighted by Crippen LogP contribution is -2.27. The zero-order chi connectivity index (χ0) is 17.9. The Morgan fingerprint density at radius 3 is 2.73 bits per heavy atom. The molecular weight excluding hydrogens is 348 g/mol. The predicted molar refractivity (Wildman–Crippen MR) is 103 cm³/mol. The van der Waals surface area contributed by atoms with Crippen LogP contribution in [0, 0.1) is 0 Å². The highest BCUT2D eigenvalue weighted by molar-refractivity contribution is 7.22. The second-order valence-corrected chi connectivity index (χ2v) is 6.84. The predicted octanol–water partition coefficient (Wildman–Crippen LogP) is 3.54. The summed E-state index contributed by atoms with van der Waals surface area (Å²) >= 11 is 1.43. The fourth-order valence-corrected chi connectivity index (χ4v) is 3.57. The van der Waals surface area contributed by atoms with Crippen LogP contribution >= 0.6 is 11.3 Å². The fraction of sp³-hybridized carbons (Fsp3) is 0.105. The number of aromatic amines is 1. The normalized spacial score (nSPS) is 10.9. The molecule has 130 valence electrons. The largest absolute Gasteiger partial charge is 0.351 e. The number of hydrogen-bond acceptors (Lipinski definition) is 4. The van der Waals surface area contributed by atoms with Crippen molar-refractivity contribution in [3.05, 3.63) is 60.3 Å². The van der Waals surface area contributed by atoms with Gasteiger partial charge in [-0.05, 0) is 24.3 Å². The summed E-state index contributed by atoms with van der Waals surface area (Å²) in [6.07, 6.45) is 0.182. The number of anilines is 1. The highest BCUT2D eigenvalue weighted by atomic mass is 32.1. The molecule has 0 unspecified atom stereocenters. The highest BCUT2D eigenvalue weighted by Gasteiger charge is 2.11. The van der Waals surface area contributed by atoms with Gasteiger partial charge in [-0.15, -0.1) is 0 Å². The summed E-state index contributed by atoms with van der Waals surface area (Å²) in [4.78, 5) is 31.7. The third-order valence-corrected chi connectivity index (χ3v) is 4.90. The molecule has 0 bridgehead atoms. The molecule has 0 aliphatic heterocycles. The molecule has 0 radical (unpaired) electrons. The number of H-pyrrole nitrogens is 1.